The number of rotatable bonds is 7. The Kier molecular flexibility index (Phi) is 8.54. The van der Waals surface area contributed by atoms with Gasteiger partial charge in [-0.25, -0.2) is 9.18 Å². The lowest BCUT2D eigenvalue weighted by molar-refractivity contribution is 0.257. The van der Waals surface area contributed by atoms with Crippen LogP contribution in [0.25, 0.3) is 16.5 Å². The molecule has 0 saturated heterocycles. The number of amides is 2. The molecule has 1 unspecified atom stereocenters. The highest BCUT2D eigenvalue weighted by molar-refractivity contribution is 8.15. The zero-order chi connectivity index (χ0) is 27.6. The highest BCUT2D eigenvalue weighted by Crippen LogP contribution is 2.34. The number of nitrogens with one attached hydrogen (secondary N) is 3. The minimum atomic E-state index is -1.09. The van der Waals surface area contributed by atoms with Crippen LogP contribution >= 0.6 is 33.6 Å². The van der Waals surface area contributed by atoms with Gasteiger partial charge in [-0.3, -0.25) is 14.1 Å². The summed E-state index contributed by atoms with van der Waals surface area (Å²) in [5.41, 5.74) is 1.63. The van der Waals surface area contributed by atoms with Gasteiger partial charge < -0.3 is 20.6 Å². The first kappa shape index (κ1) is 27.8. The number of hydrogen-bond acceptors (Lipinski definition) is 5. The molecule has 0 aliphatic rings. The molecule has 2 aromatic heterocycles. The summed E-state index contributed by atoms with van der Waals surface area (Å²) >= 11 is 7.22. The average molecular weight is 576 g/mol. The standard InChI is InChI=1S/C26H27ClFN5O3S2/c1-15(34)38(24-10-9-23(27)37-24)31-26(36)30-18-6-8-22(21(28)12-18)33-14-16(13-32(3)4)20-11-17(29-2)5-7-19(20)25(33)35/h5-12,14,29,34H,13H2,1-4H3,(H2,30,31,36). The van der Waals surface area contributed by atoms with Crippen LogP contribution in [0.5, 0.6) is 0 Å². The van der Waals surface area contributed by atoms with Crippen LogP contribution in [0.4, 0.5) is 20.6 Å². The summed E-state index contributed by atoms with van der Waals surface area (Å²) in [6.07, 6.45) is 1.65. The number of pyridine rings is 1. The van der Waals surface area contributed by atoms with Crippen LogP contribution in [0.3, 0.4) is 0 Å². The van der Waals surface area contributed by atoms with E-state index in [1.807, 2.05) is 25.1 Å². The third kappa shape index (κ3) is 6.08. The Morgan fingerprint density at radius 2 is 1.87 bits per heavy atom. The monoisotopic (exact) mass is 575 g/mol. The Bertz CT molecular complexity index is 1610. The second-order valence-corrected chi connectivity index (χ2v) is 12.5. The molecule has 4 rings (SSSR count). The largest absolute Gasteiger partial charge is 0.388 e. The third-order valence-electron chi connectivity index (χ3n) is 5.58. The summed E-state index contributed by atoms with van der Waals surface area (Å²) < 4.78 is 20.5. The molecule has 2 amide bonds. The van der Waals surface area contributed by atoms with E-state index in [2.05, 4.69) is 15.4 Å². The van der Waals surface area contributed by atoms with Gasteiger partial charge in [0.1, 0.15) is 5.82 Å². The van der Waals surface area contributed by atoms with Crippen molar-refractivity contribution in [1.29, 1.82) is 0 Å². The number of anilines is 2. The number of fused-ring (bicyclic) bond motifs is 1. The zero-order valence-electron chi connectivity index (χ0n) is 21.1. The van der Waals surface area contributed by atoms with Gasteiger partial charge in [-0.1, -0.05) is 11.6 Å². The molecule has 0 bridgehead atoms. The lowest BCUT2D eigenvalue weighted by Gasteiger charge is -2.17. The fourth-order valence-corrected chi connectivity index (χ4v) is 6.90. The summed E-state index contributed by atoms with van der Waals surface area (Å²) in [4.78, 5) is 27.9. The van der Waals surface area contributed by atoms with Crippen molar-refractivity contribution in [3.05, 3.63) is 80.8 Å². The molecule has 12 heteroatoms. The van der Waals surface area contributed by atoms with E-state index in [-0.39, 0.29) is 22.0 Å². The second-order valence-electron chi connectivity index (χ2n) is 8.68. The first-order valence-corrected chi connectivity index (χ1v) is 13.9. The van der Waals surface area contributed by atoms with Gasteiger partial charge in [-0.2, -0.15) is 0 Å². The van der Waals surface area contributed by atoms with Crippen molar-refractivity contribution in [2.75, 3.05) is 31.8 Å². The highest BCUT2D eigenvalue weighted by Gasteiger charge is 2.16. The smallest absolute Gasteiger partial charge is 0.329 e. The predicted octanol–water partition coefficient (Wildman–Crippen LogP) is 6.02. The molecule has 1 atom stereocenters. The van der Waals surface area contributed by atoms with Crippen LogP contribution in [-0.4, -0.2) is 46.8 Å². The molecular weight excluding hydrogens is 549 g/mol. The quantitative estimate of drug-likeness (QED) is 0.202. The Morgan fingerprint density at radius 3 is 2.47 bits per heavy atom. The molecule has 4 N–H and O–H groups in total. The van der Waals surface area contributed by atoms with E-state index in [4.69, 9.17) is 11.6 Å². The number of benzene rings is 2. The molecule has 0 saturated carbocycles. The summed E-state index contributed by atoms with van der Waals surface area (Å²) in [5.74, 6) is -0.680. The van der Waals surface area contributed by atoms with Crippen molar-refractivity contribution in [2.24, 2.45) is 0 Å². The number of thiophene rings is 1. The maximum absolute atomic E-state index is 15.3. The van der Waals surface area contributed by atoms with E-state index in [0.717, 1.165) is 22.7 Å². The van der Waals surface area contributed by atoms with Gasteiger partial charge in [-0.05, 0) is 91.2 Å². The van der Waals surface area contributed by atoms with Crippen molar-refractivity contribution in [1.82, 2.24) is 14.2 Å². The lowest BCUT2D eigenvalue weighted by Crippen LogP contribution is -2.26. The van der Waals surface area contributed by atoms with Crippen molar-refractivity contribution in [3.63, 3.8) is 0 Å². The number of carbonyl (C=O) groups is 1. The maximum Gasteiger partial charge on any atom is 0.329 e. The molecule has 0 radical (unpaired) electrons. The third-order valence-corrected chi connectivity index (χ3v) is 8.87. The van der Waals surface area contributed by atoms with Crippen LogP contribution in [0, 0.1) is 5.82 Å². The van der Waals surface area contributed by atoms with Gasteiger partial charge in [0.2, 0.25) is 0 Å². The van der Waals surface area contributed by atoms with Gasteiger partial charge in [0, 0.05) is 36.6 Å². The molecule has 8 nitrogen and oxygen atoms in total. The van der Waals surface area contributed by atoms with Gasteiger partial charge in [0.25, 0.3) is 5.56 Å². The fraction of sp³-hybridized carbons (Fsp3) is 0.192. The number of aliphatic hydroxyl groups is 1. The number of aromatic nitrogens is 1. The van der Waals surface area contributed by atoms with E-state index in [9.17, 15) is 14.7 Å². The van der Waals surface area contributed by atoms with Gasteiger partial charge >= 0.3 is 6.03 Å². The Hall–Kier alpha value is -3.22. The highest BCUT2D eigenvalue weighted by atomic mass is 35.5. The van der Waals surface area contributed by atoms with E-state index < -0.39 is 22.5 Å². The number of halogens is 2. The van der Waals surface area contributed by atoms with Crippen LogP contribution < -0.4 is 20.9 Å². The van der Waals surface area contributed by atoms with Crippen molar-refractivity contribution in [3.8, 4) is 5.69 Å². The predicted molar refractivity (Wildman–Crippen MR) is 157 cm³/mol. The van der Waals surface area contributed by atoms with Crippen molar-refractivity contribution < 1.29 is 14.3 Å². The molecule has 200 valence electrons. The molecule has 2 aromatic carbocycles. The topological polar surface area (TPSA) is 98.6 Å². The lowest BCUT2D eigenvalue weighted by atomic mass is 10.1. The average Bonchev–Trinajstić information content (AvgIpc) is 3.29. The van der Waals surface area contributed by atoms with Crippen LogP contribution in [-0.2, 0) is 6.54 Å². The summed E-state index contributed by atoms with van der Waals surface area (Å²) in [5, 5.41) is 17.0. The number of urea groups is 1. The molecule has 0 aliphatic carbocycles. The fourth-order valence-electron chi connectivity index (χ4n) is 3.92. The Morgan fingerprint density at radius 1 is 1.13 bits per heavy atom. The normalized spacial score (nSPS) is 12.5. The Balaban J connectivity index is 1.65. The van der Waals surface area contributed by atoms with Crippen LogP contribution in [0.15, 0.2) is 63.7 Å². The van der Waals surface area contributed by atoms with Gasteiger partial charge in [0.05, 0.1) is 19.3 Å². The first-order valence-electron chi connectivity index (χ1n) is 11.5. The molecule has 0 spiro atoms. The first-order chi connectivity index (χ1) is 18.1. The van der Waals surface area contributed by atoms with Crippen molar-refractivity contribution >= 4 is 66.8 Å². The van der Waals surface area contributed by atoms with E-state index in [0.29, 0.717) is 20.5 Å². The number of hydrogen-bond donors (Lipinski definition) is 4. The Labute approximate surface area is 230 Å². The van der Waals surface area contributed by atoms with Crippen molar-refractivity contribution in [2.45, 2.75) is 17.7 Å². The van der Waals surface area contributed by atoms with E-state index in [1.54, 1.807) is 37.5 Å². The zero-order valence-corrected chi connectivity index (χ0v) is 23.5. The molecule has 0 fully saturated rings. The maximum atomic E-state index is 15.3. The minimum absolute atomic E-state index is 0.00578. The molecule has 38 heavy (non-hydrogen) atoms. The second kappa shape index (κ2) is 11.7. The molecule has 0 aliphatic heterocycles. The molecule has 4 aromatic rings. The summed E-state index contributed by atoms with van der Waals surface area (Å²) in [7, 11) is 4.55. The molecule has 2 heterocycles. The van der Waals surface area contributed by atoms with Gasteiger partial charge in [-0.15, -0.1) is 11.3 Å². The molecular formula is C26H27ClFN5O3S2. The van der Waals surface area contributed by atoms with E-state index >= 15 is 4.39 Å². The minimum Gasteiger partial charge on any atom is -0.388 e. The van der Waals surface area contributed by atoms with Gasteiger partial charge in [0.15, 0.2) is 0 Å². The van der Waals surface area contributed by atoms with Crippen LogP contribution in [0.1, 0.15) is 12.5 Å². The van der Waals surface area contributed by atoms with E-state index in [1.165, 1.54) is 35.0 Å². The van der Waals surface area contributed by atoms with Crippen LogP contribution in [0.2, 0.25) is 4.34 Å². The number of nitrogens with zero attached hydrogens (tertiary/aromatic N) is 2. The SMILES string of the molecule is CNc1ccc2c(=O)n(-c3ccc(NC(=O)N/S(=C(/C)O)c4ccc(Cl)s4)cc3F)cc(CN(C)C)c2c1. The number of aliphatic hydroxyl groups excluding tert-OH is 1. The summed E-state index contributed by atoms with van der Waals surface area (Å²) in [6.45, 7) is 2.03. The number of carbonyl (C=O) groups excluding carboxylic acids is 1. The summed E-state index contributed by atoms with van der Waals surface area (Å²) in [6, 6.07) is 12.3.